The summed E-state index contributed by atoms with van der Waals surface area (Å²) in [7, 11) is 0. The topological polar surface area (TPSA) is 55.1 Å². The number of hydrogen-bond donors (Lipinski definition) is 2. The molecule has 22 heavy (non-hydrogen) atoms. The Morgan fingerprint density at radius 2 is 1.95 bits per heavy atom. The molecular formula is C16H23F3N2O. The predicted molar refractivity (Wildman–Crippen MR) is 80.4 cm³/mol. The Hall–Kier alpha value is -1.56. The first-order valence-electron chi connectivity index (χ1n) is 7.39. The first kappa shape index (κ1) is 18.5. The summed E-state index contributed by atoms with van der Waals surface area (Å²) in [4.78, 5) is 11.5. The van der Waals surface area contributed by atoms with Crippen molar-refractivity contribution in [1.29, 1.82) is 0 Å². The molecule has 2 atom stereocenters. The molecule has 0 heterocycles. The molecule has 0 fully saturated rings. The fraction of sp³-hybridized carbons (Fsp3) is 0.562. The summed E-state index contributed by atoms with van der Waals surface area (Å²) >= 11 is 0. The van der Waals surface area contributed by atoms with E-state index in [-0.39, 0.29) is 17.9 Å². The van der Waals surface area contributed by atoms with Gasteiger partial charge in [-0.2, -0.15) is 13.2 Å². The molecule has 2 unspecified atom stereocenters. The first-order valence-corrected chi connectivity index (χ1v) is 7.39. The molecular weight excluding hydrogens is 293 g/mol. The summed E-state index contributed by atoms with van der Waals surface area (Å²) in [6.07, 6.45) is -2.75. The number of nitrogens with two attached hydrogens (primary N) is 1. The van der Waals surface area contributed by atoms with Gasteiger partial charge < -0.3 is 11.1 Å². The van der Waals surface area contributed by atoms with Crippen LogP contribution in [0.5, 0.6) is 0 Å². The van der Waals surface area contributed by atoms with Crippen molar-refractivity contribution >= 4 is 5.91 Å². The van der Waals surface area contributed by atoms with Gasteiger partial charge in [-0.05, 0) is 37.3 Å². The number of amides is 1. The van der Waals surface area contributed by atoms with E-state index in [1.54, 1.807) is 6.07 Å². The zero-order valence-electron chi connectivity index (χ0n) is 12.9. The highest BCUT2D eigenvalue weighted by Gasteiger charge is 2.30. The number of benzene rings is 1. The van der Waals surface area contributed by atoms with E-state index in [1.165, 1.54) is 12.1 Å². The second-order valence-corrected chi connectivity index (χ2v) is 5.68. The quantitative estimate of drug-likeness (QED) is 0.809. The molecule has 1 aromatic carbocycles. The highest BCUT2D eigenvalue weighted by molar-refractivity contribution is 5.75. The second-order valence-electron chi connectivity index (χ2n) is 5.68. The van der Waals surface area contributed by atoms with Gasteiger partial charge in [-0.25, -0.2) is 0 Å². The number of alkyl halides is 3. The van der Waals surface area contributed by atoms with Crippen LogP contribution >= 0.6 is 0 Å². The molecule has 0 radical (unpaired) electrons. The van der Waals surface area contributed by atoms with Crippen LogP contribution < -0.4 is 11.1 Å². The largest absolute Gasteiger partial charge is 0.416 e. The first-order chi connectivity index (χ1) is 10.2. The van der Waals surface area contributed by atoms with Gasteiger partial charge >= 0.3 is 6.18 Å². The zero-order valence-corrected chi connectivity index (χ0v) is 12.9. The minimum absolute atomic E-state index is 0.0187. The third kappa shape index (κ3) is 6.47. The average Bonchev–Trinajstić information content (AvgIpc) is 2.44. The van der Waals surface area contributed by atoms with E-state index in [9.17, 15) is 18.0 Å². The van der Waals surface area contributed by atoms with Crippen LogP contribution in [0.15, 0.2) is 24.3 Å². The molecule has 3 N–H and O–H groups in total. The van der Waals surface area contributed by atoms with Crippen LogP contribution in [-0.4, -0.2) is 18.5 Å². The van der Waals surface area contributed by atoms with E-state index < -0.39 is 11.7 Å². The molecule has 6 heteroatoms. The average molecular weight is 316 g/mol. The lowest BCUT2D eigenvalue weighted by atomic mass is 9.96. The Morgan fingerprint density at radius 1 is 1.27 bits per heavy atom. The molecule has 0 aliphatic carbocycles. The van der Waals surface area contributed by atoms with Crippen molar-refractivity contribution in [2.45, 2.75) is 51.2 Å². The van der Waals surface area contributed by atoms with Crippen LogP contribution in [0.1, 0.15) is 50.2 Å². The smallest absolute Gasteiger partial charge is 0.356 e. The molecule has 0 saturated heterocycles. The number of rotatable bonds is 7. The van der Waals surface area contributed by atoms with Crippen molar-refractivity contribution in [3.8, 4) is 0 Å². The van der Waals surface area contributed by atoms with Gasteiger partial charge in [0.25, 0.3) is 0 Å². The Labute approximate surface area is 129 Å². The van der Waals surface area contributed by atoms with E-state index in [0.717, 1.165) is 6.07 Å². The van der Waals surface area contributed by atoms with Crippen molar-refractivity contribution < 1.29 is 18.0 Å². The van der Waals surface area contributed by atoms with Crippen LogP contribution in [0.3, 0.4) is 0 Å². The molecule has 3 nitrogen and oxygen atoms in total. The third-order valence-electron chi connectivity index (χ3n) is 3.51. The summed E-state index contributed by atoms with van der Waals surface area (Å²) in [5.41, 5.74) is 5.55. The Bertz CT molecular complexity index is 487. The van der Waals surface area contributed by atoms with Crippen LogP contribution in [-0.2, 0) is 11.0 Å². The van der Waals surface area contributed by atoms with Crippen LogP contribution in [0.25, 0.3) is 0 Å². The summed E-state index contributed by atoms with van der Waals surface area (Å²) in [6, 6.07) is 5.30. The predicted octanol–water partition coefficient (Wildman–Crippen LogP) is 3.44. The van der Waals surface area contributed by atoms with E-state index >= 15 is 0 Å². The van der Waals surface area contributed by atoms with Gasteiger partial charge in [-0.3, -0.25) is 4.79 Å². The maximum Gasteiger partial charge on any atom is 0.416 e. The summed E-state index contributed by atoms with van der Waals surface area (Å²) < 4.78 is 38.0. The Morgan fingerprint density at radius 3 is 2.55 bits per heavy atom. The Kier molecular flexibility index (Phi) is 6.87. The lowest BCUT2D eigenvalue weighted by Crippen LogP contribution is -2.27. The van der Waals surface area contributed by atoms with Crippen LogP contribution in [0.2, 0.25) is 0 Å². The monoisotopic (exact) mass is 316 g/mol. The van der Waals surface area contributed by atoms with Crippen molar-refractivity contribution in [3.05, 3.63) is 35.4 Å². The fourth-order valence-corrected chi connectivity index (χ4v) is 2.06. The SMILES string of the molecule is CC(N)CCC(=O)NCCC(C)c1cccc(C(F)(F)F)c1. The van der Waals surface area contributed by atoms with E-state index in [2.05, 4.69) is 5.32 Å². The molecule has 1 amide bonds. The number of nitrogens with one attached hydrogen (secondary N) is 1. The molecule has 1 aromatic rings. The van der Waals surface area contributed by atoms with Crippen LogP contribution in [0.4, 0.5) is 13.2 Å². The molecule has 0 saturated carbocycles. The van der Waals surface area contributed by atoms with Gasteiger partial charge in [-0.15, -0.1) is 0 Å². The fourth-order valence-electron chi connectivity index (χ4n) is 2.06. The molecule has 0 aromatic heterocycles. The molecule has 1 rings (SSSR count). The maximum absolute atomic E-state index is 12.7. The maximum atomic E-state index is 12.7. The van der Waals surface area contributed by atoms with Gasteiger partial charge in [0.2, 0.25) is 5.91 Å². The summed E-state index contributed by atoms with van der Waals surface area (Å²) in [5, 5.41) is 2.77. The van der Waals surface area contributed by atoms with E-state index in [1.807, 2.05) is 13.8 Å². The molecule has 0 bridgehead atoms. The normalized spacial score (nSPS) is 14.5. The number of halogens is 3. The van der Waals surface area contributed by atoms with E-state index in [0.29, 0.717) is 31.4 Å². The molecule has 124 valence electrons. The van der Waals surface area contributed by atoms with E-state index in [4.69, 9.17) is 5.73 Å². The van der Waals surface area contributed by atoms with Gasteiger partial charge in [0.1, 0.15) is 0 Å². The number of hydrogen-bond acceptors (Lipinski definition) is 2. The van der Waals surface area contributed by atoms with Gasteiger partial charge in [-0.1, -0.05) is 25.1 Å². The third-order valence-corrected chi connectivity index (χ3v) is 3.51. The van der Waals surface area contributed by atoms with Gasteiger partial charge in [0.05, 0.1) is 5.56 Å². The minimum atomic E-state index is -4.33. The lowest BCUT2D eigenvalue weighted by molar-refractivity contribution is -0.137. The molecule has 0 spiro atoms. The van der Waals surface area contributed by atoms with Crippen molar-refractivity contribution in [2.75, 3.05) is 6.54 Å². The van der Waals surface area contributed by atoms with Gasteiger partial charge in [0, 0.05) is 19.0 Å². The lowest BCUT2D eigenvalue weighted by Gasteiger charge is -2.15. The number of carbonyl (C=O) groups is 1. The summed E-state index contributed by atoms with van der Waals surface area (Å²) in [6.45, 7) is 4.13. The second kappa shape index (κ2) is 8.17. The standard InChI is InChI=1S/C16H23F3N2O/c1-11(8-9-21-15(22)7-6-12(2)20)13-4-3-5-14(10-13)16(17,18)19/h3-5,10-12H,6-9,20H2,1-2H3,(H,21,22). The Balaban J connectivity index is 2.46. The number of carbonyl (C=O) groups excluding carboxylic acids is 1. The van der Waals surface area contributed by atoms with Crippen molar-refractivity contribution in [2.24, 2.45) is 5.73 Å². The zero-order chi connectivity index (χ0) is 16.8. The minimum Gasteiger partial charge on any atom is -0.356 e. The van der Waals surface area contributed by atoms with Crippen molar-refractivity contribution in [3.63, 3.8) is 0 Å². The van der Waals surface area contributed by atoms with Gasteiger partial charge in [0.15, 0.2) is 0 Å². The van der Waals surface area contributed by atoms with Crippen molar-refractivity contribution in [1.82, 2.24) is 5.32 Å². The summed E-state index contributed by atoms with van der Waals surface area (Å²) in [5.74, 6) is -0.135. The van der Waals surface area contributed by atoms with Crippen LogP contribution in [0, 0.1) is 0 Å². The molecule has 0 aliphatic heterocycles. The highest BCUT2D eigenvalue weighted by atomic mass is 19.4. The highest BCUT2D eigenvalue weighted by Crippen LogP contribution is 2.31. The molecule has 0 aliphatic rings.